The number of esters is 1. The number of benzene rings is 1. The molecule has 0 aromatic heterocycles. The molecule has 2 N–H and O–H groups in total. The van der Waals surface area contributed by atoms with Gasteiger partial charge in [-0.15, -0.1) is 0 Å². The summed E-state index contributed by atoms with van der Waals surface area (Å²) in [6.45, 7) is -0.234. The summed E-state index contributed by atoms with van der Waals surface area (Å²) in [6, 6.07) is 4.29. The van der Waals surface area contributed by atoms with E-state index in [2.05, 4.69) is 20.7 Å². The van der Waals surface area contributed by atoms with Crippen molar-refractivity contribution in [2.24, 2.45) is 0 Å². The molecule has 0 bridgehead atoms. The number of phenols is 1. The molecule has 4 nitrogen and oxygen atoms in total. The fourth-order valence-electron chi connectivity index (χ4n) is 0.856. The lowest BCUT2D eigenvalue weighted by molar-refractivity contribution is 0.0433. The van der Waals surface area contributed by atoms with E-state index in [-0.39, 0.29) is 19.0 Å². The Bertz CT molecular complexity index is 338. The highest BCUT2D eigenvalue weighted by atomic mass is 79.9. The average Bonchev–Trinajstić information content (AvgIpc) is 2.18. The van der Waals surface area contributed by atoms with E-state index in [4.69, 9.17) is 10.2 Å². The third-order valence-electron chi connectivity index (χ3n) is 1.51. The molecule has 0 heterocycles. The minimum absolute atomic E-state index is 0.0304. The number of rotatable bonds is 3. The van der Waals surface area contributed by atoms with Gasteiger partial charge in [0.2, 0.25) is 0 Å². The van der Waals surface area contributed by atoms with Gasteiger partial charge < -0.3 is 14.9 Å². The summed E-state index contributed by atoms with van der Waals surface area (Å²) in [5, 5.41) is 17.6. The monoisotopic (exact) mass is 260 g/mol. The zero-order valence-electron chi connectivity index (χ0n) is 7.24. The number of hydrogen-bond acceptors (Lipinski definition) is 4. The second-order valence-corrected chi connectivity index (χ2v) is 3.38. The molecule has 0 aliphatic carbocycles. The van der Waals surface area contributed by atoms with Crippen LogP contribution < -0.4 is 0 Å². The van der Waals surface area contributed by atoms with Crippen molar-refractivity contribution in [1.82, 2.24) is 0 Å². The molecule has 76 valence electrons. The Morgan fingerprint density at radius 3 is 2.79 bits per heavy atom. The van der Waals surface area contributed by atoms with Gasteiger partial charge in [0.15, 0.2) is 0 Å². The molecule has 0 fully saturated rings. The predicted octanol–water partition coefficient (Wildman–Crippen LogP) is 1.30. The van der Waals surface area contributed by atoms with Crippen molar-refractivity contribution in [3.8, 4) is 5.75 Å². The standard InChI is InChI=1S/C9H9BrO4/c10-7-5-6(1-2-8(7)12)9(13)14-4-3-11/h1-2,5,11-12H,3-4H2. The highest BCUT2D eigenvalue weighted by Crippen LogP contribution is 2.24. The Labute approximate surface area is 89.3 Å². The molecule has 0 aliphatic heterocycles. The molecule has 1 aromatic rings. The van der Waals surface area contributed by atoms with Crippen LogP contribution in [0.4, 0.5) is 0 Å². The smallest absolute Gasteiger partial charge is 0.338 e. The second-order valence-electron chi connectivity index (χ2n) is 2.53. The summed E-state index contributed by atoms with van der Waals surface area (Å²) in [6.07, 6.45) is 0. The van der Waals surface area contributed by atoms with Gasteiger partial charge in [0.05, 0.1) is 16.6 Å². The summed E-state index contributed by atoms with van der Waals surface area (Å²) in [4.78, 5) is 11.2. The molecule has 0 saturated carbocycles. The zero-order chi connectivity index (χ0) is 10.6. The lowest BCUT2D eigenvalue weighted by Gasteiger charge is -2.03. The molecule has 0 atom stereocenters. The van der Waals surface area contributed by atoms with Crippen LogP contribution in [0.5, 0.6) is 5.75 Å². The van der Waals surface area contributed by atoms with Gasteiger partial charge in [-0.1, -0.05) is 0 Å². The number of carbonyl (C=O) groups excluding carboxylic acids is 1. The molecule has 0 unspecified atom stereocenters. The number of aliphatic hydroxyl groups excluding tert-OH is 1. The van der Waals surface area contributed by atoms with E-state index in [9.17, 15) is 4.79 Å². The van der Waals surface area contributed by atoms with Gasteiger partial charge in [-0.05, 0) is 34.1 Å². The van der Waals surface area contributed by atoms with Crippen LogP contribution in [0.15, 0.2) is 22.7 Å². The maximum atomic E-state index is 11.2. The van der Waals surface area contributed by atoms with Crippen molar-refractivity contribution in [3.63, 3.8) is 0 Å². The van der Waals surface area contributed by atoms with Crippen molar-refractivity contribution in [1.29, 1.82) is 0 Å². The van der Waals surface area contributed by atoms with Gasteiger partial charge in [0.1, 0.15) is 12.4 Å². The molecular weight excluding hydrogens is 252 g/mol. The molecule has 14 heavy (non-hydrogen) atoms. The number of carbonyl (C=O) groups is 1. The van der Waals surface area contributed by atoms with E-state index in [1.807, 2.05) is 0 Å². The van der Waals surface area contributed by atoms with Gasteiger partial charge in [0.25, 0.3) is 0 Å². The molecule has 0 amide bonds. The van der Waals surface area contributed by atoms with Crippen LogP contribution in [-0.4, -0.2) is 29.4 Å². The van der Waals surface area contributed by atoms with Crippen molar-refractivity contribution < 1.29 is 19.7 Å². The molecule has 1 rings (SSSR count). The minimum atomic E-state index is -0.528. The first-order chi connectivity index (χ1) is 6.65. The normalized spacial score (nSPS) is 9.86. The number of hydrogen-bond donors (Lipinski definition) is 2. The molecule has 0 radical (unpaired) electrons. The summed E-state index contributed by atoms with van der Waals surface area (Å²) < 4.78 is 5.11. The zero-order valence-corrected chi connectivity index (χ0v) is 8.82. The number of ether oxygens (including phenoxy) is 1. The van der Waals surface area contributed by atoms with E-state index in [1.165, 1.54) is 18.2 Å². The van der Waals surface area contributed by atoms with Crippen LogP contribution in [0.1, 0.15) is 10.4 Å². The molecule has 5 heteroatoms. The summed E-state index contributed by atoms with van der Waals surface area (Å²) >= 11 is 3.08. The van der Waals surface area contributed by atoms with E-state index in [1.54, 1.807) is 0 Å². The Hall–Kier alpha value is -1.07. The first kappa shape index (κ1) is 11.0. The van der Waals surface area contributed by atoms with Crippen LogP contribution in [0, 0.1) is 0 Å². The van der Waals surface area contributed by atoms with Gasteiger partial charge in [-0.2, -0.15) is 0 Å². The van der Waals surface area contributed by atoms with Crippen molar-refractivity contribution in [2.45, 2.75) is 0 Å². The highest BCUT2D eigenvalue weighted by molar-refractivity contribution is 9.10. The number of halogens is 1. The van der Waals surface area contributed by atoms with E-state index in [0.717, 1.165) is 0 Å². The van der Waals surface area contributed by atoms with Gasteiger partial charge in [0, 0.05) is 0 Å². The van der Waals surface area contributed by atoms with Crippen LogP contribution in [0.2, 0.25) is 0 Å². The Morgan fingerprint density at radius 1 is 1.50 bits per heavy atom. The summed E-state index contributed by atoms with van der Waals surface area (Å²) in [5.74, 6) is -0.469. The Balaban J connectivity index is 2.76. The Morgan fingerprint density at radius 2 is 2.21 bits per heavy atom. The third-order valence-corrected chi connectivity index (χ3v) is 2.14. The minimum Gasteiger partial charge on any atom is -0.507 e. The topological polar surface area (TPSA) is 66.8 Å². The molecule has 0 aliphatic rings. The maximum Gasteiger partial charge on any atom is 0.338 e. The number of aliphatic hydroxyl groups is 1. The number of phenolic OH excluding ortho intramolecular Hbond substituents is 1. The van der Waals surface area contributed by atoms with Gasteiger partial charge in [-0.25, -0.2) is 4.79 Å². The maximum absolute atomic E-state index is 11.2. The molecule has 1 aromatic carbocycles. The van der Waals surface area contributed by atoms with Crippen molar-refractivity contribution in [2.75, 3.05) is 13.2 Å². The first-order valence-corrected chi connectivity index (χ1v) is 4.71. The largest absolute Gasteiger partial charge is 0.507 e. The lowest BCUT2D eigenvalue weighted by atomic mass is 10.2. The lowest BCUT2D eigenvalue weighted by Crippen LogP contribution is -2.08. The van der Waals surface area contributed by atoms with Crippen LogP contribution in [-0.2, 0) is 4.74 Å². The van der Waals surface area contributed by atoms with Crippen molar-refractivity contribution in [3.05, 3.63) is 28.2 Å². The predicted molar refractivity (Wildman–Crippen MR) is 53.2 cm³/mol. The fourth-order valence-corrected chi connectivity index (χ4v) is 1.23. The second kappa shape index (κ2) is 4.97. The fraction of sp³-hybridized carbons (Fsp3) is 0.222. The van der Waals surface area contributed by atoms with E-state index < -0.39 is 5.97 Å². The Kier molecular flexibility index (Phi) is 3.91. The SMILES string of the molecule is O=C(OCCO)c1ccc(O)c(Br)c1. The summed E-state index contributed by atoms with van der Waals surface area (Å²) in [5.41, 5.74) is 0.322. The van der Waals surface area contributed by atoms with Crippen molar-refractivity contribution >= 4 is 21.9 Å². The third kappa shape index (κ3) is 2.71. The molecule has 0 saturated heterocycles. The average molecular weight is 261 g/mol. The summed E-state index contributed by atoms with van der Waals surface area (Å²) in [7, 11) is 0. The number of aromatic hydroxyl groups is 1. The quantitative estimate of drug-likeness (QED) is 0.805. The first-order valence-electron chi connectivity index (χ1n) is 3.91. The highest BCUT2D eigenvalue weighted by Gasteiger charge is 2.08. The van der Waals surface area contributed by atoms with Crippen LogP contribution in [0.25, 0.3) is 0 Å². The van der Waals surface area contributed by atoms with Crippen LogP contribution in [0.3, 0.4) is 0 Å². The van der Waals surface area contributed by atoms with Crippen LogP contribution >= 0.6 is 15.9 Å². The van der Waals surface area contributed by atoms with Gasteiger partial charge >= 0.3 is 5.97 Å². The molecule has 0 spiro atoms. The van der Waals surface area contributed by atoms with E-state index >= 15 is 0 Å². The van der Waals surface area contributed by atoms with Gasteiger partial charge in [-0.3, -0.25) is 0 Å². The molecular formula is C9H9BrO4. The van der Waals surface area contributed by atoms with E-state index in [0.29, 0.717) is 10.0 Å².